The predicted octanol–water partition coefficient (Wildman–Crippen LogP) is 3.85. The zero-order valence-corrected chi connectivity index (χ0v) is 22.3. The van der Waals surface area contributed by atoms with Crippen LogP contribution in [0.2, 0.25) is 0 Å². The number of methoxy groups -OCH3 is 1. The average molecular weight is 509 g/mol. The lowest BCUT2D eigenvalue weighted by Gasteiger charge is -2.47. The molecule has 0 spiro atoms. The highest BCUT2D eigenvalue weighted by molar-refractivity contribution is 6.05. The molecule has 1 aromatic rings. The Kier molecular flexibility index (Phi) is 8.69. The largest absolute Gasteiger partial charge is 0.465 e. The Bertz CT molecular complexity index is 1030. The molecule has 200 valence electrons. The van der Waals surface area contributed by atoms with Crippen LogP contribution in [-0.2, 0) is 4.74 Å². The molecular formula is C29H40N4O4. The van der Waals surface area contributed by atoms with E-state index in [4.69, 9.17) is 4.74 Å². The Morgan fingerprint density at radius 3 is 2.24 bits per heavy atom. The zero-order chi connectivity index (χ0) is 26.4. The molecule has 1 aromatic carbocycles. The van der Waals surface area contributed by atoms with Crippen molar-refractivity contribution in [2.75, 3.05) is 39.8 Å². The Morgan fingerprint density at radius 2 is 1.57 bits per heavy atom. The lowest BCUT2D eigenvalue weighted by molar-refractivity contribution is 0.0406. The molecule has 0 saturated carbocycles. The number of likely N-dealkylation sites (tertiary alicyclic amines) is 2. The summed E-state index contributed by atoms with van der Waals surface area (Å²) < 4.78 is 4.86. The summed E-state index contributed by atoms with van der Waals surface area (Å²) in [6, 6.07) is 7.47. The van der Waals surface area contributed by atoms with Gasteiger partial charge in [0.1, 0.15) is 0 Å². The van der Waals surface area contributed by atoms with Gasteiger partial charge in [-0.2, -0.15) is 0 Å². The Labute approximate surface area is 220 Å². The fourth-order valence-electron chi connectivity index (χ4n) is 5.90. The molecule has 0 unspecified atom stereocenters. The Balaban J connectivity index is 1.33. The molecule has 0 aliphatic carbocycles. The van der Waals surface area contributed by atoms with Crippen molar-refractivity contribution in [3.8, 4) is 0 Å². The van der Waals surface area contributed by atoms with Gasteiger partial charge in [0.2, 0.25) is 0 Å². The number of esters is 1. The minimum absolute atomic E-state index is 0.00120. The van der Waals surface area contributed by atoms with Crippen molar-refractivity contribution in [3.05, 3.63) is 59.7 Å². The SMILES string of the molecule is COC(=O)c1ccccc1C(=O)N1CCC(N2CCC(N3C(=O)NC/C=C\C/C=C\C3(C)C)CC2)CC1. The van der Waals surface area contributed by atoms with E-state index in [9.17, 15) is 14.4 Å². The number of hydrogen-bond acceptors (Lipinski definition) is 5. The number of nitrogens with zero attached hydrogens (tertiary/aromatic N) is 3. The fourth-order valence-corrected chi connectivity index (χ4v) is 5.90. The molecule has 37 heavy (non-hydrogen) atoms. The van der Waals surface area contributed by atoms with Crippen LogP contribution in [-0.4, -0.2) is 90.1 Å². The van der Waals surface area contributed by atoms with E-state index in [1.54, 1.807) is 24.3 Å². The lowest BCUT2D eigenvalue weighted by Crippen LogP contribution is -2.59. The van der Waals surface area contributed by atoms with E-state index >= 15 is 0 Å². The number of rotatable bonds is 4. The number of piperidine rings is 2. The maximum atomic E-state index is 13.2. The molecule has 8 nitrogen and oxygen atoms in total. The molecule has 3 amide bonds. The highest BCUT2D eigenvalue weighted by Crippen LogP contribution is 2.29. The second kappa shape index (κ2) is 11.9. The van der Waals surface area contributed by atoms with E-state index in [1.165, 1.54) is 7.11 Å². The van der Waals surface area contributed by atoms with E-state index in [0.29, 0.717) is 36.8 Å². The second-order valence-corrected chi connectivity index (χ2v) is 10.6. The lowest BCUT2D eigenvalue weighted by atomic mass is 9.92. The van der Waals surface area contributed by atoms with E-state index in [1.807, 2.05) is 15.9 Å². The number of hydrogen-bond donors (Lipinski definition) is 1. The van der Waals surface area contributed by atoms with Gasteiger partial charge in [0.25, 0.3) is 5.91 Å². The van der Waals surface area contributed by atoms with E-state index in [-0.39, 0.29) is 23.5 Å². The number of benzene rings is 1. The second-order valence-electron chi connectivity index (χ2n) is 10.6. The summed E-state index contributed by atoms with van der Waals surface area (Å²) in [5.74, 6) is -0.602. The molecule has 0 bridgehead atoms. The molecule has 1 N–H and O–H groups in total. The van der Waals surface area contributed by atoms with Gasteiger partial charge in [0, 0.05) is 44.8 Å². The van der Waals surface area contributed by atoms with Crippen molar-refractivity contribution in [1.82, 2.24) is 20.0 Å². The molecule has 3 aliphatic rings. The van der Waals surface area contributed by atoms with Crippen molar-refractivity contribution in [2.24, 2.45) is 0 Å². The van der Waals surface area contributed by atoms with Crippen molar-refractivity contribution in [2.45, 2.75) is 63.6 Å². The van der Waals surface area contributed by atoms with Crippen molar-refractivity contribution < 1.29 is 19.1 Å². The number of ether oxygens (including phenoxy) is 1. The number of allylic oxidation sites excluding steroid dienone is 2. The first-order chi connectivity index (χ1) is 17.8. The van der Waals surface area contributed by atoms with Gasteiger partial charge in [-0.25, -0.2) is 9.59 Å². The Morgan fingerprint density at radius 1 is 0.919 bits per heavy atom. The molecule has 3 aliphatic heterocycles. The third-order valence-corrected chi connectivity index (χ3v) is 7.87. The highest BCUT2D eigenvalue weighted by Gasteiger charge is 2.38. The summed E-state index contributed by atoms with van der Waals surface area (Å²) in [6.45, 7) is 8.00. The third kappa shape index (κ3) is 6.24. The Hall–Kier alpha value is -3.13. The first kappa shape index (κ1) is 26.9. The van der Waals surface area contributed by atoms with Gasteiger partial charge in [-0.05, 0) is 58.1 Å². The predicted molar refractivity (Wildman–Crippen MR) is 144 cm³/mol. The van der Waals surface area contributed by atoms with E-state index in [0.717, 1.165) is 45.2 Å². The smallest absolute Gasteiger partial charge is 0.338 e. The van der Waals surface area contributed by atoms with Gasteiger partial charge in [-0.3, -0.25) is 4.79 Å². The van der Waals surface area contributed by atoms with E-state index < -0.39 is 5.97 Å². The van der Waals surface area contributed by atoms with Crippen molar-refractivity contribution in [3.63, 3.8) is 0 Å². The summed E-state index contributed by atoms with van der Waals surface area (Å²) in [4.78, 5) is 44.8. The number of nitrogens with one attached hydrogen (secondary N) is 1. The minimum atomic E-state index is -0.489. The monoisotopic (exact) mass is 508 g/mol. The minimum Gasteiger partial charge on any atom is -0.465 e. The van der Waals surface area contributed by atoms with Gasteiger partial charge < -0.3 is 24.8 Å². The number of urea groups is 1. The van der Waals surface area contributed by atoms with Crippen LogP contribution < -0.4 is 5.32 Å². The first-order valence-corrected chi connectivity index (χ1v) is 13.4. The summed E-state index contributed by atoms with van der Waals surface area (Å²) >= 11 is 0. The molecule has 0 aromatic heterocycles. The van der Waals surface area contributed by atoms with Crippen molar-refractivity contribution >= 4 is 17.9 Å². The summed E-state index contributed by atoms with van der Waals surface area (Å²) in [7, 11) is 1.33. The molecule has 0 radical (unpaired) electrons. The van der Waals surface area contributed by atoms with Gasteiger partial charge in [0.15, 0.2) is 0 Å². The van der Waals surface area contributed by atoms with Crippen LogP contribution in [0.3, 0.4) is 0 Å². The molecule has 2 saturated heterocycles. The fraction of sp³-hybridized carbons (Fsp3) is 0.552. The van der Waals surface area contributed by atoms with Gasteiger partial charge in [-0.15, -0.1) is 0 Å². The average Bonchev–Trinajstić information content (AvgIpc) is 2.92. The quantitative estimate of drug-likeness (QED) is 0.494. The van der Waals surface area contributed by atoms with Crippen LogP contribution in [0.4, 0.5) is 4.79 Å². The maximum absolute atomic E-state index is 13.2. The van der Waals surface area contributed by atoms with Gasteiger partial charge in [0.05, 0.1) is 23.8 Å². The van der Waals surface area contributed by atoms with Crippen LogP contribution in [0.25, 0.3) is 0 Å². The summed E-state index contributed by atoms with van der Waals surface area (Å²) in [6.07, 6.45) is 12.9. The molecular weight excluding hydrogens is 468 g/mol. The molecule has 8 heteroatoms. The normalized spacial score (nSPS) is 23.7. The number of amides is 3. The molecule has 2 fully saturated rings. The molecule has 4 rings (SSSR count). The standard InChI is InChI=1S/C29H40N4O4/c1-29(2)16-8-4-5-9-17-30-28(36)33(29)23-14-18-31(19-15-23)22-12-20-32(21-13-22)26(34)24-10-6-7-11-25(24)27(35)37-3/h5-11,16,22-23H,4,12-15,17-21H2,1-3H3,(H,30,36)/b9-5-,16-8-. The summed E-state index contributed by atoms with van der Waals surface area (Å²) in [5.41, 5.74) is 0.361. The molecule has 3 heterocycles. The molecule has 0 atom stereocenters. The topological polar surface area (TPSA) is 82.2 Å². The van der Waals surface area contributed by atoms with Crippen LogP contribution in [0.15, 0.2) is 48.6 Å². The van der Waals surface area contributed by atoms with Crippen LogP contribution in [0, 0.1) is 0 Å². The highest BCUT2D eigenvalue weighted by atomic mass is 16.5. The first-order valence-electron chi connectivity index (χ1n) is 13.4. The van der Waals surface area contributed by atoms with Crippen LogP contribution >= 0.6 is 0 Å². The number of carbonyl (C=O) groups is 3. The summed E-state index contributed by atoms with van der Waals surface area (Å²) in [5, 5.41) is 3.06. The maximum Gasteiger partial charge on any atom is 0.338 e. The van der Waals surface area contributed by atoms with Crippen LogP contribution in [0.5, 0.6) is 0 Å². The number of carbonyl (C=O) groups excluding carboxylic acids is 3. The van der Waals surface area contributed by atoms with Crippen LogP contribution in [0.1, 0.15) is 66.7 Å². The zero-order valence-electron chi connectivity index (χ0n) is 22.3. The van der Waals surface area contributed by atoms with E-state index in [2.05, 4.69) is 42.3 Å². The van der Waals surface area contributed by atoms with Crippen molar-refractivity contribution in [1.29, 1.82) is 0 Å². The van der Waals surface area contributed by atoms with Gasteiger partial charge >= 0.3 is 12.0 Å². The van der Waals surface area contributed by atoms with Gasteiger partial charge in [-0.1, -0.05) is 36.4 Å². The third-order valence-electron chi connectivity index (χ3n) is 7.87.